The molecule has 2 N–H and O–H groups in total. The molecular formula is C23H24N2O3. The maximum absolute atomic E-state index is 12.6. The highest BCUT2D eigenvalue weighted by Crippen LogP contribution is 2.22. The Bertz CT molecular complexity index is 984. The first-order chi connectivity index (χ1) is 13.6. The number of ether oxygens (including phenoxy) is 1. The fourth-order valence-electron chi connectivity index (χ4n) is 2.86. The molecular weight excluding hydrogens is 352 g/mol. The summed E-state index contributed by atoms with van der Waals surface area (Å²) in [6.45, 7) is 4.26. The normalized spacial score (nSPS) is 11.6. The maximum atomic E-state index is 12.6. The zero-order valence-corrected chi connectivity index (χ0v) is 16.1. The molecule has 3 rings (SSSR count). The van der Waals surface area contributed by atoms with Crippen molar-refractivity contribution in [3.63, 3.8) is 0 Å². The molecule has 3 aromatic rings. The fourth-order valence-corrected chi connectivity index (χ4v) is 2.86. The Balaban J connectivity index is 1.69. The Labute approximate surface area is 164 Å². The molecule has 0 aliphatic rings. The van der Waals surface area contributed by atoms with Crippen molar-refractivity contribution in [3.05, 3.63) is 72.3 Å². The number of benzene rings is 3. The SMILES string of the molecule is CCCNC(=O)c1ccccc1NC(=O)[C@H](C)Oc1ccc2ccccc2c1. The summed E-state index contributed by atoms with van der Waals surface area (Å²) in [6, 6.07) is 20.6. The second-order valence-electron chi connectivity index (χ2n) is 6.56. The van der Waals surface area contributed by atoms with Crippen LogP contribution in [-0.2, 0) is 4.79 Å². The molecule has 2 amide bonds. The van der Waals surface area contributed by atoms with Gasteiger partial charge in [-0.05, 0) is 48.4 Å². The van der Waals surface area contributed by atoms with Gasteiger partial charge in [-0.1, -0.05) is 49.4 Å². The Morgan fingerprint density at radius 3 is 2.46 bits per heavy atom. The highest BCUT2D eigenvalue weighted by Gasteiger charge is 2.18. The van der Waals surface area contributed by atoms with Crippen LogP contribution < -0.4 is 15.4 Å². The molecule has 1 atom stereocenters. The maximum Gasteiger partial charge on any atom is 0.265 e. The van der Waals surface area contributed by atoms with Crippen molar-refractivity contribution in [2.75, 3.05) is 11.9 Å². The number of carbonyl (C=O) groups excluding carboxylic acids is 2. The van der Waals surface area contributed by atoms with Gasteiger partial charge in [0, 0.05) is 6.54 Å². The van der Waals surface area contributed by atoms with E-state index in [4.69, 9.17) is 4.74 Å². The van der Waals surface area contributed by atoms with Crippen molar-refractivity contribution in [1.29, 1.82) is 0 Å². The molecule has 0 saturated heterocycles. The van der Waals surface area contributed by atoms with Crippen LogP contribution >= 0.6 is 0 Å². The molecule has 0 heterocycles. The summed E-state index contributed by atoms with van der Waals surface area (Å²) in [5.41, 5.74) is 0.900. The second kappa shape index (κ2) is 9.04. The van der Waals surface area contributed by atoms with E-state index in [1.165, 1.54) is 0 Å². The monoisotopic (exact) mass is 376 g/mol. The molecule has 0 unspecified atom stereocenters. The average Bonchev–Trinajstić information content (AvgIpc) is 2.72. The minimum absolute atomic E-state index is 0.208. The molecule has 0 spiro atoms. The predicted molar refractivity (Wildman–Crippen MR) is 112 cm³/mol. The summed E-state index contributed by atoms with van der Waals surface area (Å²) in [6.07, 6.45) is 0.129. The van der Waals surface area contributed by atoms with Gasteiger partial charge in [-0.2, -0.15) is 0 Å². The van der Waals surface area contributed by atoms with Gasteiger partial charge in [0.05, 0.1) is 11.3 Å². The van der Waals surface area contributed by atoms with Crippen LogP contribution in [-0.4, -0.2) is 24.5 Å². The molecule has 0 saturated carbocycles. The van der Waals surface area contributed by atoms with Crippen molar-refractivity contribution in [2.45, 2.75) is 26.4 Å². The molecule has 28 heavy (non-hydrogen) atoms. The van der Waals surface area contributed by atoms with Crippen LogP contribution in [0.15, 0.2) is 66.7 Å². The first-order valence-corrected chi connectivity index (χ1v) is 9.42. The van der Waals surface area contributed by atoms with Gasteiger partial charge in [0.25, 0.3) is 11.8 Å². The molecule has 0 bridgehead atoms. The van der Waals surface area contributed by atoms with Gasteiger partial charge < -0.3 is 15.4 Å². The molecule has 5 nitrogen and oxygen atoms in total. The van der Waals surface area contributed by atoms with Gasteiger partial charge in [0.1, 0.15) is 5.75 Å². The van der Waals surface area contributed by atoms with Crippen molar-refractivity contribution < 1.29 is 14.3 Å². The third-order valence-electron chi connectivity index (χ3n) is 4.37. The van der Waals surface area contributed by atoms with Crippen molar-refractivity contribution in [2.24, 2.45) is 0 Å². The first kappa shape index (κ1) is 19.4. The summed E-state index contributed by atoms with van der Waals surface area (Å²) < 4.78 is 5.81. The fraction of sp³-hybridized carbons (Fsp3) is 0.217. The topological polar surface area (TPSA) is 67.4 Å². The number of rotatable bonds is 7. The minimum atomic E-state index is -0.715. The Kier molecular flexibility index (Phi) is 6.27. The van der Waals surface area contributed by atoms with E-state index in [9.17, 15) is 9.59 Å². The van der Waals surface area contributed by atoms with E-state index in [-0.39, 0.29) is 11.8 Å². The van der Waals surface area contributed by atoms with Crippen molar-refractivity contribution in [3.8, 4) is 5.75 Å². The molecule has 0 aromatic heterocycles. The molecule has 3 aromatic carbocycles. The third kappa shape index (κ3) is 4.68. The lowest BCUT2D eigenvalue weighted by Crippen LogP contribution is -2.32. The number of anilines is 1. The Morgan fingerprint density at radius 2 is 1.68 bits per heavy atom. The van der Waals surface area contributed by atoms with E-state index in [1.807, 2.05) is 49.4 Å². The average molecular weight is 376 g/mol. The van der Waals surface area contributed by atoms with Gasteiger partial charge in [-0.15, -0.1) is 0 Å². The summed E-state index contributed by atoms with van der Waals surface area (Å²) in [7, 11) is 0. The number of nitrogens with one attached hydrogen (secondary N) is 2. The van der Waals surface area contributed by atoms with Gasteiger partial charge in [0.2, 0.25) is 0 Å². The number of carbonyl (C=O) groups is 2. The van der Waals surface area contributed by atoms with Crippen LogP contribution in [0, 0.1) is 0 Å². The molecule has 5 heteroatoms. The molecule has 0 radical (unpaired) electrons. The van der Waals surface area contributed by atoms with Crippen LogP contribution in [0.25, 0.3) is 10.8 Å². The van der Waals surface area contributed by atoms with Crippen LogP contribution in [0.2, 0.25) is 0 Å². The van der Waals surface area contributed by atoms with E-state index in [0.717, 1.165) is 17.2 Å². The molecule has 0 aliphatic carbocycles. The van der Waals surface area contributed by atoms with Gasteiger partial charge in [-0.25, -0.2) is 0 Å². The minimum Gasteiger partial charge on any atom is -0.481 e. The van der Waals surface area contributed by atoms with E-state index in [2.05, 4.69) is 10.6 Å². The van der Waals surface area contributed by atoms with Crippen LogP contribution in [0.1, 0.15) is 30.6 Å². The van der Waals surface area contributed by atoms with E-state index >= 15 is 0 Å². The van der Waals surface area contributed by atoms with Gasteiger partial charge >= 0.3 is 0 Å². The Morgan fingerprint density at radius 1 is 0.964 bits per heavy atom. The summed E-state index contributed by atoms with van der Waals surface area (Å²) in [4.78, 5) is 24.9. The number of hydrogen-bond acceptors (Lipinski definition) is 3. The third-order valence-corrected chi connectivity index (χ3v) is 4.37. The lowest BCUT2D eigenvalue weighted by atomic mass is 10.1. The summed E-state index contributed by atoms with van der Waals surface area (Å²) >= 11 is 0. The summed E-state index contributed by atoms with van der Waals surface area (Å²) in [5.74, 6) is 0.0973. The summed E-state index contributed by atoms with van der Waals surface area (Å²) in [5, 5.41) is 7.78. The number of hydrogen-bond donors (Lipinski definition) is 2. The van der Waals surface area contributed by atoms with E-state index < -0.39 is 6.10 Å². The standard InChI is InChI=1S/C23H24N2O3/c1-3-14-24-23(27)20-10-6-7-11-21(20)25-22(26)16(2)28-19-13-12-17-8-4-5-9-18(17)15-19/h4-13,15-16H,3,14H2,1-2H3,(H,24,27)(H,25,26)/t16-/m0/s1. The highest BCUT2D eigenvalue weighted by atomic mass is 16.5. The molecule has 144 valence electrons. The van der Waals surface area contributed by atoms with E-state index in [1.54, 1.807) is 31.2 Å². The van der Waals surface area contributed by atoms with Crippen molar-refractivity contribution in [1.82, 2.24) is 5.32 Å². The van der Waals surface area contributed by atoms with Gasteiger partial charge in [-0.3, -0.25) is 9.59 Å². The van der Waals surface area contributed by atoms with E-state index in [0.29, 0.717) is 23.5 Å². The second-order valence-corrected chi connectivity index (χ2v) is 6.56. The quantitative estimate of drug-likeness (QED) is 0.643. The largest absolute Gasteiger partial charge is 0.481 e. The number of fused-ring (bicyclic) bond motifs is 1. The predicted octanol–water partition coefficient (Wildman–Crippen LogP) is 4.39. The van der Waals surface area contributed by atoms with Crippen LogP contribution in [0.5, 0.6) is 5.75 Å². The first-order valence-electron chi connectivity index (χ1n) is 9.42. The zero-order chi connectivity index (χ0) is 19.9. The number of amides is 2. The van der Waals surface area contributed by atoms with Crippen LogP contribution in [0.3, 0.4) is 0 Å². The molecule has 0 fully saturated rings. The smallest absolute Gasteiger partial charge is 0.265 e. The number of para-hydroxylation sites is 1. The Hall–Kier alpha value is -3.34. The lowest BCUT2D eigenvalue weighted by Gasteiger charge is -2.17. The highest BCUT2D eigenvalue weighted by molar-refractivity contribution is 6.04. The lowest BCUT2D eigenvalue weighted by molar-refractivity contribution is -0.122. The molecule has 0 aliphatic heterocycles. The van der Waals surface area contributed by atoms with Gasteiger partial charge in [0.15, 0.2) is 6.10 Å². The van der Waals surface area contributed by atoms with Crippen LogP contribution in [0.4, 0.5) is 5.69 Å². The van der Waals surface area contributed by atoms with Crippen molar-refractivity contribution >= 4 is 28.3 Å². The zero-order valence-electron chi connectivity index (χ0n) is 16.1.